The fourth-order valence-corrected chi connectivity index (χ4v) is 0.751. The van der Waals surface area contributed by atoms with Gasteiger partial charge in [0.05, 0.1) is 0 Å². The van der Waals surface area contributed by atoms with E-state index < -0.39 is 17.3 Å². The fraction of sp³-hybridized carbons (Fsp3) is 0.500. The van der Waals surface area contributed by atoms with Gasteiger partial charge in [-0.25, -0.2) is 0 Å². The van der Waals surface area contributed by atoms with Crippen LogP contribution in [0.2, 0.25) is 0 Å². The highest BCUT2D eigenvalue weighted by Gasteiger charge is 2.36. The van der Waals surface area contributed by atoms with E-state index in [4.69, 9.17) is 5.11 Å². The molecule has 0 aliphatic heterocycles. The van der Waals surface area contributed by atoms with Crippen LogP contribution in [-0.4, -0.2) is 31.7 Å². The zero-order valence-electron chi connectivity index (χ0n) is 8.68. The van der Waals surface area contributed by atoms with Crippen molar-refractivity contribution in [3.8, 4) is 0 Å². The molecule has 0 bridgehead atoms. The van der Waals surface area contributed by atoms with E-state index in [0.29, 0.717) is 0 Å². The second kappa shape index (κ2) is 3.68. The van der Waals surface area contributed by atoms with Crippen LogP contribution < -0.4 is 5.32 Å². The van der Waals surface area contributed by atoms with Crippen molar-refractivity contribution < 1.29 is 14.7 Å². The summed E-state index contributed by atoms with van der Waals surface area (Å²) in [5, 5.41) is 18.4. The van der Waals surface area contributed by atoms with Gasteiger partial charge in [-0.05, 0) is 13.8 Å². The molecule has 0 aliphatic rings. The first kappa shape index (κ1) is 11.2. The molecule has 82 valence electrons. The van der Waals surface area contributed by atoms with Gasteiger partial charge in [0.2, 0.25) is 11.9 Å². The summed E-state index contributed by atoms with van der Waals surface area (Å²) in [5.74, 6) is -1.61. The molecule has 7 heteroatoms. The minimum Gasteiger partial charge on any atom is -0.480 e. The fourth-order valence-electron chi connectivity index (χ4n) is 0.751. The summed E-state index contributed by atoms with van der Waals surface area (Å²) >= 11 is 0. The van der Waals surface area contributed by atoms with Crippen LogP contribution in [0.15, 0.2) is 6.33 Å². The summed E-state index contributed by atoms with van der Waals surface area (Å²) in [4.78, 5) is 22.3. The summed E-state index contributed by atoms with van der Waals surface area (Å²) in [5.41, 5.74) is -1.49. The normalized spacial score (nSPS) is 11.1. The van der Waals surface area contributed by atoms with Gasteiger partial charge >= 0.3 is 5.97 Å². The van der Waals surface area contributed by atoms with Crippen LogP contribution in [-0.2, 0) is 16.6 Å². The number of amides is 1. The van der Waals surface area contributed by atoms with E-state index in [0.717, 1.165) is 0 Å². The second-order valence-electron chi connectivity index (χ2n) is 3.65. The minimum atomic E-state index is -1.49. The van der Waals surface area contributed by atoms with Crippen molar-refractivity contribution in [1.82, 2.24) is 14.8 Å². The molecule has 15 heavy (non-hydrogen) atoms. The predicted octanol–water partition coefficient (Wildman–Crippen LogP) is -0.136. The summed E-state index contributed by atoms with van der Waals surface area (Å²) in [6, 6.07) is 0. The lowest BCUT2D eigenvalue weighted by atomic mass is 9.93. The zero-order chi connectivity index (χ0) is 11.6. The van der Waals surface area contributed by atoms with Crippen molar-refractivity contribution in [2.45, 2.75) is 13.8 Å². The molecule has 0 aromatic carbocycles. The molecule has 1 heterocycles. The number of nitrogens with zero attached hydrogens (tertiary/aromatic N) is 3. The first-order chi connectivity index (χ1) is 6.85. The van der Waals surface area contributed by atoms with Crippen LogP contribution in [0.1, 0.15) is 13.8 Å². The van der Waals surface area contributed by atoms with Gasteiger partial charge in [0.25, 0.3) is 0 Å². The van der Waals surface area contributed by atoms with Crippen LogP contribution in [0, 0.1) is 5.41 Å². The maximum atomic E-state index is 11.6. The lowest BCUT2D eigenvalue weighted by molar-refractivity contribution is -0.151. The van der Waals surface area contributed by atoms with Crippen LogP contribution in [0.3, 0.4) is 0 Å². The number of aromatic nitrogens is 3. The molecule has 1 amide bonds. The molecular weight excluding hydrogens is 200 g/mol. The first-order valence-electron chi connectivity index (χ1n) is 4.24. The van der Waals surface area contributed by atoms with E-state index in [-0.39, 0.29) is 5.95 Å². The van der Waals surface area contributed by atoms with Gasteiger partial charge in [-0.2, -0.15) is 0 Å². The largest absolute Gasteiger partial charge is 0.480 e. The number of hydrogen-bond acceptors (Lipinski definition) is 4. The number of aryl methyl sites for hydroxylation is 1. The topological polar surface area (TPSA) is 97.1 Å². The Morgan fingerprint density at radius 1 is 1.53 bits per heavy atom. The van der Waals surface area contributed by atoms with E-state index in [1.165, 1.54) is 24.7 Å². The highest BCUT2D eigenvalue weighted by atomic mass is 16.4. The van der Waals surface area contributed by atoms with Crippen molar-refractivity contribution in [1.29, 1.82) is 0 Å². The number of carboxylic acids is 1. The number of carbonyl (C=O) groups is 2. The van der Waals surface area contributed by atoms with Crippen molar-refractivity contribution in [2.75, 3.05) is 5.32 Å². The number of nitrogens with one attached hydrogen (secondary N) is 1. The number of carbonyl (C=O) groups excluding carboxylic acids is 1. The van der Waals surface area contributed by atoms with Crippen LogP contribution >= 0.6 is 0 Å². The van der Waals surface area contributed by atoms with Gasteiger partial charge in [-0.15, -0.1) is 10.2 Å². The SMILES string of the molecule is Cn1cnnc1NC(=O)C(C)(C)C(=O)O. The highest BCUT2D eigenvalue weighted by Crippen LogP contribution is 2.17. The lowest BCUT2D eigenvalue weighted by Gasteiger charge is -2.17. The summed E-state index contributed by atoms with van der Waals surface area (Å²) < 4.78 is 1.48. The van der Waals surface area contributed by atoms with E-state index in [2.05, 4.69) is 15.5 Å². The number of hydrogen-bond donors (Lipinski definition) is 2. The van der Waals surface area contributed by atoms with Gasteiger partial charge in [0.15, 0.2) is 0 Å². The Morgan fingerprint density at radius 3 is 2.53 bits per heavy atom. The maximum Gasteiger partial charge on any atom is 0.318 e. The highest BCUT2D eigenvalue weighted by molar-refractivity contribution is 6.06. The van der Waals surface area contributed by atoms with Crippen LogP contribution in [0.4, 0.5) is 5.95 Å². The molecule has 1 aromatic heterocycles. The Morgan fingerprint density at radius 2 is 2.13 bits per heavy atom. The van der Waals surface area contributed by atoms with Crippen LogP contribution in [0.5, 0.6) is 0 Å². The van der Waals surface area contributed by atoms with Crippen molar-refractivity contribution in [3.05, 3.63) is 6.33 Å². The third kappa shape index (κ3) is 2.12. The molecule has 1 rings (SSSR count). The van der Waals surface area contributed by atoms with Gasteiger partial charge in [-0.1, -0.05) is 0 Å². The molecule has 2 N–H and O–H groups in total. The maximum absolute atomic E-state index is 11.6. The molecule has 0 spiro atoms. The predicted molar refractivity (Wildman–Crippen MR) is 51.0 cm³/mol. The summed E-state index contributed by atoms with van der Waals surface area (Å²) in [6.07, 6.45) is 1.41. The molecular formula is C8H12N4O3. The number of anilines is 1. The van der Waals surface area contributed by atoms with E-state index in [9.17, 15) is 9.59 Å². The molecule has 0 radical (unpaired) electrons. The van der Waals surface area contributed by atoms with Crippen LogP contribution in [0.25, 0.3) is 0 Å². The number of carboxylic acid groups (broad SMARTS) is 1. The molecule has 0 aliphatic carbocycles. The molecule has 0 fully saturated rings. The quantitative estimate of drug-likeness (QED) is 0.680. The van der Waals surface area contributed by atoms with Gasteiger partial charge < -0.3 is 9.67 Å². The first-order valence-corrected chi connectivity index (χ1v) is 4.24. The standard InChI is InChI=1S/C8H12N4O3/c1-8(2,6(14)15)5(13)10-7-11-9-4-12(7)3/h4H,1-3H3,(H,14,15)(H,10,11,13). The van der Waals surface area contributed by atoms with E-state index in [1.54, 1.807) is 7.05 Å². The summed E-state index contributed by atoms with van der Waals surface area (Å²) in [6.45, 7) is 2.64. The Bertz CT molecular complexity index is 396. The lowest BCUT2D eigenvalue weighted by Crippen LogP contribution is -2.38. The molecule has 0 unspecified atom stereocenters. The molecule has 0 saturated heterocycles. The van der Waals surface area contributed by atoms with Gasteiger partial charge in [0.1, 0.15) is 11.7 Å². The molecule has 7 nitrogen and oxygen atoms in total. The van der Waals surface area contributed by atoms with E-state index >= 15 is 0 Å². The average Bonchev–Trinajstić information content (AvgIpc) is 2.51. The van der Waals surface area contributed by atoms with E-state index in [1.807, 2.05) is 0 Å². The molecule has 0 atom stereocenters. The molecule has 0 saturated carbocycles. The summed E-state index contributed by atoms with van der Waals surface area (Å²) in [7, 11) is 1.64. The van der Waals surface area contributed by atoms with Crippen molar-refractivity contribution >= 4 is 17.8 Å². The Kier molecular flexibility index (Phi) is 2.74. The Labute approximate surface area is 86.1 Å². The smallest absolute Gasteiger partial charge is 0.318 e. The second-order valence-corrected chi connectivity index (χ2v) is 3.65. The monoisotopic (exact) mass is 212 g/mol. The van der Waals surface area contributed by atoms with Crippen molar-refractivity contribution in [2.24, 2.45) is 12.5 Å². The Balaban J connectivity index is 2.81. The van der Waals surface area contributed by atoms with Crippen molar-refractivity contribution in [3.63, 3.8) is 0 Å². The van der Waals surface area contributed by atoms with Gasteiger partial charge in [-0.3, -0.25) is 14.9 Å². The van der Waals surface area contributed by atoms with Gasteiger partial charge in [0, 0.05) is 7.05 Å². The third-order valence-corrected chi connectivity index (χ3v) is 2.04. The third-order valence-electron chi connectivity index (χ3n) is 2.04. The minimum absolute atomic E-state index is 0.217. The number of rotatable bonds is 3. The zero-order valence-corrected chi connectivity index (χ0v) is 8.68. The average molecular weight is 212 g/mol. The molecule has 1 aromatic rings. The Hall–Kier alpha value is -1.92. The number of aliphatic carboxylic acids is 1.